The number of thiophene rings is 1. The highest BCUT2D eigenvalue weighted by Gasteiger charge is 2.29. The zero-order valence-corrected chi connectivity index (χ0v) is 27.4. The fourth-order valence-corrected chi connectivity index (χ4v) is 5.86. The maximum atomic E-state index is 13.6. The molecule has 0 spiro atoms. The molecule has 0 aliphatic carbocycles. The summed E-state index contributed by atoms with van der Waals surface area (Å²) >= 11 is 1.29. The van der Waals surface area contributed by atoms with Crippen LogP contribution >= 0.6 is 11.3 Å². The fourth-order valence-electron chi connectivity index (χ4n) is 4.81. The molecule has 4 amide bonds. The molecule has 45 heavy (non-hydrogen) atoms. The van der Waals surface area contributed by atoms with Crippen molar-refractivity contribution in [3.63, 3.8) is 0 Å². The van der Waals surface area contributed by atoms with Crippen LogP contribution in [0.3, 0.4) is 0 Å². The van der Waals surface area contributed by atoms with Gasteiger partial charge in [-0.1, -0.05) is 13.8 Å². The van der Waals surface area contributed by atoms with Crippen LogP contribution in [0.2, 0.25) is 0 Å². The molecule has 0 bridgehead atoms. The van der Waals surface area contributed by atoms with Crippen molar-refractivity contribution < 1.29 is 23.9 Å². The van der Waals surface area contributed by atoms with Crippen molar-refractivity contribution in [2.75, 3.05) is 50.0 Å². The molecule has 1 unspecified atom stereocenters. The van der Waals surface area contributed by atoms with Gasteiger partial charge in [-0.3, -0.25) is 20.4 Å². The summed E-state index contributed by atoms with van der Waals surface area (Å²) in [6.07, 6.45) is 5.45. The molecule has 4 rings (SSSR count). The lowest BCUT2D eigenvalue weighted by atomic mass is 10.1. The van der Waals surface area contributed by atoms with E-state index in [0.29, 0.717) is 36.7 Å². The van der Waals surface area contributed by atoms with Gasteiger partial charge < -0.3 is 24.6 Å². The molecular formula is C32H43N7O5S. The number of rotatable bonds is 11. The maximum absolute atomic E-state index is 13.6. The Bertz CT molecular complexity index is 1420. The first-order valence-corrected chi connectivity index (χ1v) is 16.1. The first-order chi connectivity index (χ1) is 21.5. The number of benzene rings is 1. The zero-order chi connectivity index (χ0) is 32.4. The standard InChI is InChI=1S/C32H43N7O5S/c1-6-38(7-2)17-18-43-24-12-10-22(11-13-24)26-19-25(29(45-26)37-30(41)36-27-20-33-14-15-34-27)28(40)35-23-9-8-16-39(21-23)31(42)44-32(3,4)5/h10-15,19-20,23H,6-9,16-18,21H2,1-5H3,(H,35,40)(H2,34,36,37,41). The number of hydrogen-bond acceptors (Lipinski definition) is 9. The molecule has 1 atom stereocenters. The number of hydrogen-bond donors (Lipinski definition) is 3. The quantitative estimate of drug-likeness (QED) is 0.244. The third-order valence-corrected chi connectivity index (χ3v) is 8.23. The first kappa shape index (κ1) is 33.7. The molecule has 13 heteroatoms. The van der Waals surface area contributed by atoms with E-state index in [1.165, 1.54) is 29.9 Å². The smallest absolute Gasteiger partial charge is 0.410 e. The van der Waals surface area contributed by atoms with Gasteiger partial charge in [-0.2, -0.15) is 0 Å². The second kappa shape index (κ2) is 15.7. The van der Waals surface area contributed by atoms with Gasteiger partial charge >= 0.3 is 12.1 Å². The van der Waals surface area contributed by atoms with Gasteiger partial charge in [0.1, 0.15) is 23.0 Å². The minimum Gasteiger partial charge on any atom is -0.492 e. The number of amides is 4. The molecule has 3 N–H and O–H groups in total. The van der Waals surface area contributed by atoms with E-state index in [1.54, 1.807) is 11.0 Å². The average Bonchev–Trinajstić information content (AvgIpc) is 3.43. The van der Waals surface area contributed by atoms with Gasteiger partial charge in [0.05, 0.1) is 11.8 Å². The Morgan fingerprint density at radius 1 is 1.09 bits per heavy atom. The number of likely N-dealkylation sites (tertiary alicyclic amines) is 1. The highest BCUT2D eigenvalue weighted by molar-refractivity contribution is 7.20. The second-order valence-electron chi connectivity index (χ2n) is 11.7. The third-order valence-electron chi connectivity index (χ3n) is 7.13. The van der Waals surface area contributed by atoms with Crippen molar-refractivity contribution in [1.29, 1.82) is 0 Å². The maximum Gasteiger partial charge on any atom is 0.410 e. The SMILES string of the molecule is CCN(CC)CCOc1ccc(-c2cc(C(=O)NC3CCCN(C(=O)OC(C)(C)C)C3)c(NC(=O)Nc3cnccn3)s2)cc1. The van der Waals surface area contributed by atoms with E-state index in [4.69, 9.17) is 9.47 Å². The molecule has 242 valence electrons. The van der Waals surface area contributed by atoms with Crippen molar-refractivity contribution in [1.82, 2.24) is 25.1 Å². The molecule has 0 saturated carbocycles. The Balaban J connectivity index is 1.49. The Kier molecular flexibility index (Phi) is 11.7. The zero-order valence-electron chi connectivity index (χ0n) is 26.6. The molecule has 1 aliphatic heterocycles. The number of urea groups is 1. The number of nitrogens with one attached hydrogen (secondary N) is 3. The van der Waals surface area contributed by atoms with E-state index in [0.717, 1.165) is 42.2 Å². The van der Waals surface area contributed by atoms with Crippen molar-refractivity contribution in [3.05, 3.63) is 54.5 Å². The number of anilines is 2. The fraction of sp³-hybridized carbons (Fsp3) is 0.469. The number of ether oxygens (including phenoxy) is 2. The van der Waals surface area contributed by atoms with Gasteiger partial charge in [0, 0.05) is 42.9 Å². The van der Waals surface area contributed by atoms with Gasteiger partial charge in [0.15, 0.2) is 5.82 Å². The highest BCUT2D eigenvalue weighted by atomic mass is 32.1. The average molecular weight is 638 g/mol. The molecule has 1 fully saturated rings. The van der Waals surface area contributed by atoms with E-state index < -0.39 is 17.7 Å². The van der Waals surface area contributed by atoms with Gasteiger partial charge in [0.25, 0.3) is 5.91 Å². The van der Waals surface area contributed by atoms with Crippen LogP contribution in [0, 0.1) is 0 Å². The molecule has 3 aromatic rings. The van der Waals surface area contributed by atoms with Crippen LogP contribution in [0.25, 0.3) is 10.4 Å². The van der Waals surface area contributed by atoms with Gasteiger partial charge in [-0.05, 0) is 82.6 Å². The summed E-state index contributed by atoms with van der Waals surface area (Å²) in [5, 5.41) is 8.89. The second-order valence-corrected chi connectivity index (χ2v) is 12.7. The van der Waals surface area contributed by atoms with E-state index >= 15 is 0 Å². The van der Waals surface area contributed by atoms with Crippen LogP contribution in [0.1, 0.15) is 57.8 Å². The van der Waals surface area contributed by atoms with Crippen molar-refractivity contribution in [3.8, 4) is 16.2 Å². The normalized spacial score (nSPS) is 15.0. The number of aromatic nitrogens is 2. The number of carbonyl (C=O) groups is 3. The van der Waals surface area contributed by atoms with E-state index in [9.17, 15) is 14.4 Å². The topological polar surface area (TPSA) is 138 Å². The lowest BCUT2D eigenvalue weighted by Crippen LogP contribution is -2.50. The first-order valence-electron chi connectivity index (χ1n) is 15.3. The lowest BCUT2D eigenvalue weighted by molar-refractivity contribution is 0.0185. The molecule has 1 aromatic carbocycles. The van der Waals surface area contributed by atoms with Crippen LogP contribution in [0.15, 0.2) is 48.9 Å². The van der Waals surface area contributed by atoms with Crippen molar-refractivity contribution >= 4 is 40.2 Å². The summed E-state index contributed by atoms with van der Waals surface area (Å²) in [6, 6.07) is 8.62. The molecule has 0 radical (unpaired) electrons. The van der Waals surface area contributed by atoms with Crippen LogP contribution in [-0.4, -0.2) is 88.8 Å². The highest BCUT2D eigenvalue weighted by Crippen LogP contribution is 2.36. The largest absolute Gasteiger partial charge is 0.492 e. The molecule has 1 saturated heterocycles. The molecule has 12 nitrogen and oxygen atoms in total. The minimum absolute atomic E-state index is 0.267. The number of piperidine rings is 1. The van der Waals surface area contributed by atoms with Crippen molar-refractivity contribution in [2.45, 2.75) is 59.1 Å². The van der Waals surface area contributed by atoms with Crippen molar-refractivity contribution in [2.24, 2.45) is 0 Å². The van der Waals surface area contributed by atoms with E-state index in [-0.39, 0.29) is 17.8 Å². The van der Waals surface area contributed by atoms with Crippen LogP contribution in [0.5, 0.6) is 5.75 Å². The molecule has 2 aromatic heterocycles. The summed E-state index contributed by atoms with van der Waals surface area (Å²) < 4.78 is 11.5. The number of carbonyl (C=O) groups excluding carboxylic acids is 3. The summed E-state index contributed by atoms with van der Waals surface area (Å²) in [6.45, 7) is 14.0. The summed E-state index contributed by atoms with van der Waals surface area (Å²) in [5.41, 5.74) is 0.585. The van der Waals surface area contributed by atoms with Crippen LogP contribution in [0.4, 0.5) is 20.4 Å². The Labute approximate surface area is 268 Å². The monoisotopic (exact) mass is 637 g/mol. The van der Waals surface area contributed by atoms with Crippen LogP contribution < -0.4 is 20.7 Å². The Morgan fingerprint density at radius 3 is 2.51 bits per heavy atom. The van der Waals surface area contributed by atoms with E-state index in [2.05, 4.69) is 44.7 Å². The third kappa shape index (κ3) is 10.1. The van der Waals surface area contributed by atoms with Gasteiger partial charge in [-0.25, -0.2) is 14.6 Å². The predicted molar refractivity (Wildman–Crippen MR) is 176 cm³/mol. The lowest BCUT2D eigenvalue weighted by Gasteiger charge is -2.34. The summed E-state index contributed by atoms with van der Waals surface area (Å²) in [5.74, 6) is 0.687. The molecular weight excluding hydrogens is 594 g/mol. The molecule has 3 heterocycles. The van der Waals surface area contributed by atoms with E-state index in [1.807, 2.05) is 45.0 Å². The summed E-state index contributed by atoms with van der Waals surface area (Å²) in [4.78, 5) is 51.9. The summed E-state index contributed by atoms with van der Waals surface area (Å²) in [7, 11) is 0. The van der Waals surface area contributed by atoms with Gasteiger partial charge in [0.2, 0.25) is 0 Å². The number of likely N-dealkylation sites (N-methyl/N-ethyl adjacent to an activating group) is 1. The van der Waals surface area contributed by atoms with Gasteiger partial charge in [-0.15, -0.1) is 11.3 Å². The predicted octanol–water partition coefficient (Wildman–Crippen LogP) is 5.70. The Hall–Kier alpha value is -4.23. The minimum atomic E-state index is -0.609. The van der Waals surface area contributed by atoms with Crippen LogP contribution in [-0.2, 0) is 4.74 Å². The number of nitrogens with zero attached hydrogens (tertiary/aromatic N) is 4. The Morgan fingerprint density at radius 2 is 1.84 bits per heavy atom. The molecule has 1 aliphatic rings.